The van der Waals surface area contributed by atoms with Gasteiger partial charge in [-0.1, -0.05) is 0 Å². The largest absolute Gasteiger partial charge is 0.507 e. The molecule has 0 saturated carbocycles. The minimum atomic E-state index is -0.970. The van der Waals surface area contributed by atoms with Gasteiger partial charge in [0.05, 0.1) is 29.8 Å². The van der Waals surface area contributed by atoms with Gasteiger partial charge >= 0.3 is 0 Å². The highest BCUT2D eigenvalue weighted by Gasteiger charge is 2.43. The van der Waals surface area contributed by atoms with Gasteiger partial charge in [0.2, 0.25) is 0 Å². The summed E-state index contributed by atoms with van der Waals surface area (Å²) in [5, 5.41) is 18.0. The van der Waals surface area contributed by atoms with Gasteiger partial charge < -0.3 is 15.3 Å². The number of halogens is 2. The number of fused-ring (bicyclic) bond motifs is 2. The van der Waals surface area contributed by atoms with Crippen molar-refractivity contribution in [2.24, 2.45) is 7.05 Å². The molecule has 2 aliphatic rings. The summed E-state index contributed by atoms with van der Waals surface area (Å²) < 4.78 is 31.1. The first-order valence-electron chi connectivity index (χ1n) is 10.4. The Morgan fingerprint density at radius 1 is 1.16 bits per heavy atom. The summed E-state index contributed by atoms with van der Waals surface area (Å²) in [6, 6.07) is 4.22. The maximum Gasteiger partial charge on any atom is 0.147 e. The summed E-state index contributed by atoms with van der Waals surface area (Å²) in [5.41, 5.74) is 1.22. The average Bonchev–Trinajstić information content (AvgIpc) is 3.38. The SMILES string of the molecule is CN(c1cnc(-c2cc(F)c(-c3ccn(C)n3)cc2O)cn1)[C@@H]1CC2CC[C@H](N2)[C@@H]1F. The van der Waals surface area contributed by atoms with Crippen molar-refractivity contribution in [1.82, 2.24) is 25.1 Å². The van der Waals surface area contributed by atoms with Gasteiger partial charge in [-0.05, 0) is 37.5 Å². The predicted octanol–water partition coefficient (Wildman–Crippen LogP) is 3.06. The molecule has 1 unspecified atom stereocenters. The molecule has 7 nitrogen and oxygen atoms in total. The van der Waals surface area contributed by atoms with E-state index in [9.17, 15) is 13.9 Å². The Bertz CT molecular complexity index is 1100. The molecule has 31 heavy (non-hydrogen) atoms. The standard InChI is InChI=1S/C22H24F2N6O/c1-29-6-5-16(28-29)13-9-20(31)14(8-15(13)23)18-10-26-21(11-25-18)30(2)19-7-12-3-4-17(27-12)22(19)24/h5-6,8-12,17,19,22,27,31H,3-4,7H2,1-2H3/t12?,17-,19+,22-/m0/s1. The highest BCUT2D eigenvalue weighted by Crippen LogP contribution is 2.35. The third-order valence-corrected chi connectivity index (χ3v) is 6.40. The van der Waals surface area contributed by atoms with Crippen molar-refractivity contribution >= 4 is 5.82 Å². The first-order valence-corrected chi connectivity index (χ1v) is 10.4. The number of nitrogens with one attached hydrogen (secondary N) is 1. The van der Waals surface area contributed by atoms with Gasteiger partial charge in [-0.25, -0.2) is 13.8 Å². The Morgan fingerprint density at radius 2 is 2.00 bits per heavy atom. The topological polar surface area (TPSA) is 79.1 Å². The van der Waals surface area contributed by atoms with E-state index in [1.54, 1.807) is 24.0 Å². The molecule has 0 spiro atoms. The van der Waals surface area contributed by atoms with Crippen LogP contribution >= 0.6 is 0 Å². The zero-order valence-corrected chi connectivity index (χ0v) is 17.3. The number of aromatic hydroxyl groups is 1. The normalized spacial score (nSPS) is 25.0. The number of rotatable bonds is 4. The van der Waals surface area contributed by atoms with Crippen LogP contribution < -0.4 is 10.2 Å². The van der Waals surface area contributed by atoms with Gasteiger partial charge in [0.15, 0.2) is 0 Å². The number of aromatic nitrogens is 4. The molecule has 0 amide bonds. The summed E-state index contributed by atoms with van der Waals surface area (Å²) in [6.07, 6.45) is 6.33. The Balaban J connectivity index is 1.39. The number of phenolic OH excluding ortho intramolecular Hbond substituents is 1. The summed E-state index contributed by atoms with van der Waals surface area (Å²) in [6.45, 7) is 0. The quantitative estimate of drug-likeness (QED) is 0.668. The molecule has 9 heteroatoms. The minimum Gasteiger partial charge on any atom is -0.507 e. The van der Waals surface area contributed by atoms with E-state index in [-0.39, 0.29) is 29.0 Å². The fourth-order valence-electron chi connectivity index (χ4n) is 4.68. The molecule has 2 aliphatic heterocycles. The average molecular weight is 426 g/mol. The lowest BCUT2D eigenvalue weighted by Crippen LogP contribution is -2.55. The Morgan fingerprint density at radius 3 is 2.71 bits per heavy atom. The van der Waals surface area contributed by atoms with Crippen molar-refractivity contribution in [3.63, 3.8) is 0 Å². The second-order valence-corrected chi connectivity index (χ2v) is 8.39. The van der Waals surface area contributed by atoms with Crippen molar-refractivity contribution in [2.75, 3.05) is 11.9 Å². The molecular weight excluding hydrogens is 402 g/mol. The number of aryl methyl sites for hydroxylation is 1. The smallest absolute Gasteiger partial charge is 0.147 e. The molecule has 2 fully saturated rings. The number of piperidine rings is 1. The van der Waals surface area contributed by atoms with Crippen molar-refractivity contribution in [1.29, 1.82) is 0 Å². The lowest BCUT2D eigenvalue weighted by Gasteiger charge is -2.38. The Hall–Kier alpha value is -3.07. The van der Waals surface area contributed by atoms with Crippen LogP contribution in [0.25, 0.3) is 22.5 Å². The number of hydrogen-bond donors (Lipinski definition) is 2. The van der Waals surface area contributed by atoms with E-state index >= 15 is 0 Å². The van der Waals surface area contributed by atoms with Gasteiger partial charge in [0.1, 0.15) is 23.6 Å². The highest BCUT2D eigenvalue weighted by molar-refractivity contribution is 5.73. The molecule has 4 heterocycles. The second kappa shape index (κ2) is 7.56. The predicted molar refractivity (Wildman–Crippen MR) is 113 cm³/mol. The Labute approximate surface area is 178 Å². The number of nitrogens with zero attached hydrogens (tertiary/aromatic N) is 5. The summed E-state index contributed by atoms with van der Waals surface area (Å²) >= 11 is 0. The molecule has 162 valence electrons. The molecule has 2 saturated heterocycles. The van der Waals surface area contributed by atoms with Crippen LogP contribution in [0, 0.1) is 5.82 Å². The van der Waals surface area contributed by atoms with E-state index in [1.807, 2.05) is 11.9 Å². The molecule has 4 atom stereocenters. The van der Waals surface area contributed by atoms with Crippen molar-refractivity contribution in [3.8, 4) is 28.3 Å². The van der Waals surface area contributed by atoms with E-state index in [1.165, 1.54) is 24.5 Å². The maximum absolute atomic E-state index is 14.9. The van der Waals surface area contributed by atoms with E-state index in [0.29, 0.717) is 23.2 Å². The minimum absolute atomic E-state index is 0.101. The maximum atomic E-state index is 14.9. The highest BCUT2D eigenvalue weighted by atomic mass is 19.1. The molecule has 3 aromatic rings. The second-order valence-electron chi connectivity index (χ2n) is 8.39. The van der Waals surface area contributed by atoms with Crippen LogP contribution in [0.5, 0.6) is 5.75 Å². The lowest BCUT2D eigenvalue weighted by molar-refractivity contribution is 0.176. The van der Waals surface area contributed by atoms with Crippen molar-refractivity contribution in [2.45, 2.75) is 43.6 Å². The van der Waals surface area contributed by atoms with Crippen molar-refractivity contribution < 1.29 is 13.9 Å². The molecular formula is C22H24F2N6O. The summed E-state index contributed by atoms with van der Waals surface area (Å²) in [5.74, 6) is -0.0843. The Kier molecular flexibility index (Phi) is 4.85. The molecule has 0 radical (unpaired) electrons. The van der Waals surface area contributed by atoms with Crippen LogP contribution in [-0.4, -0.2) is 56.2 Å². The summed E-state index contributed by atoms with van der Waals surface area (Å²) in [7, 11) is 3.56. The molecule has 1 aromatic carbocycles. The monoisotopic (exact) mass is 426 g/mol. The number of alkyl halides is 1. The van der Waals surface area contributed by atoms with Gasteiger partial charge in [0, 0.05) is 43.5 Å². The zero-order chi connectivity index (χ0) is 21.7. The molecule has 2 N–H and O–H groups in total. The van der Waals surface area contributed by atoms with E-state index in [4.69, 9.17) is 0 Å². The van der Waals surface area contributed by atoms with Crippen LogP contribution in [-0.2, 0) is 7.05 Å². The van der Waals surface area contributed by atoms with Crippen LogP contribution in [0.4, 0.5) is 14.6 Å². The van der Waals surface area contributed by atoms with Gasteiger partial charge in [-0.3, -0.25) is 9.67 Å². The zero-order valence-electron chi connectivity index (χ0n) is 17.3. The van der Waals surface area contributed by atoms with Gasteiger partial charge in [-0.2, -0.15) is 5.10 Å². The fraction of sp³-hybridized carbons (Fsp3) is 0.409. The van der Waals surface area contributed by atoms with Crippen molar-refractivity contribution in [3.05, 3.63) is 42.6 Å². The number of benzene rings is 1. The van der Waals surface area contributed by atoms with Gasteiger partial charge in [-0.15, -0.1) is 0 Å². The third-order valence-electron chi connectivity index (χ3n) is 6.40. The molecule has 5 rings (SSSR count). The molecule has 0 aliphatic carbocycles. The molecule has 2 bridgehead atoms. The van der Waals surface area contributed by atoms with E-state index in [0.717, 1.165) is 19.3 Å². The van der Waals surface area contributed by atoms with Crippen LogP contribution in [0.15, 0.2) is 36.8 Å². The number of anilines is 1. The van der Waals surface area contributed by atoms with Gasteiger partial charge in [0.25, 0.3) is 0 Å². The van der Waals surface area contributed by atoms with Crippen LogP contribution in [0.3, 0.4) is 0 Å². The fourth-order valence-corrected chi connectivity index (χ4v) is 4.68. The first-order chi connectivity index (χ1) is 14.9. The first kappa shape index (κ1) is 19.9. The van der Waals surface area contributed by atoms with Crippen LogP contribution in [0.2, 0.25) is 0 Å². The summed E-state index contributed by atoms with van der Waals surface area (Å²) in [4.78, 5) is 10.6. The third kappa shape index (κ3) is 3.52. The van der Waals surface area contributed by atoms with Crippen LogP contribution in [0.1, 0.15) is 19.3 Å². The van der Waals surface area contributed by atoms with E-state index in [2.05, 4.69) is 20.4 Å². The number of hydrogen-bond acceptors (Lipinski definition) is 6. The van der Waals surface area contributed by atoms with E-state index < -0.39 is 12.0 Å². The lowest BCUT2D eigenvalue weighted by atomic mass is 9.96. The number of phenols is 1. The molecule has 2 aromatic heterocycles.